The first-order chi connectivity index (χ1) is 15.2. The van der Waals surface area contributed by atoms with Crippen molar-refractivity contribution in [3.05, 3.63) is 59.9 Å². The van der Waals surface area contributed by atoms with Gasteiger partial charge in [0.2, 0.25) is 5.91 Å². The van der Waals surface area contributed by atoms with Gasteiger partial charge in [0.15, 0.2) is 6.61 Å². The lowest BCUT2D eigenvalue weighted by Crippen LogP contribution is -2.21. The van der Waals surface area contributed by atoms with Crippen LogP contribution in [-0.4, -0.2) is 36.5 Å². The maximum Gasteiger partial charge on any atom is 0.338 e. The fourth-order valence-corrected chi connectivity index (χ4v) is 2.54. The van der Waals surface area contributed by atoms with Gasteiger partial charge in [-0.25, -0.2) is 9.18 Å². The molecule has 32 heavy (non-hydrogen) atoms. The highest BCUT2D eigenvalue weighted by Gasteiger charge is 2.11. The summed E-state index contributed by atoms with van der Waals surface area (Å²) in [7, 11) is 0. The highest BCUT2D eigenvalue weighted by atomic mass is 19.1. The topological polar surface area (TPSA) is 111 Å². The third kappa shape index (κ3) is 8.95. The van der Waals surface area contributed by atoms with Crippen LogP contribution in [0.2, 0.25) is 0 Å². The molecule has 0 radical (unpaired) electrons. The van der Waals surface area contributed by atoms with Gasteiger partial charge >= 0.3 is 11.9 Å². The summed E-state index contributed by atoms with van der Waals surface area (Å²) in [5.74, 6) is -2.34. The van der Waals surface area contributed by atoms with E-state index in [0.717, 1.165) is 0 Å². The Hall–Kier alpha value is -3.75. The van der Waals surface area contributed by atoms with E-state index in [9.17, 15) is 23.6 Å². The molecule has 2 aromatic carbocycles. The molecule has 2 aromatic rings. The number of rotatable bonds is 10. The van der Waals surface area contributed by atoms with E-state index in [0.29, 0.717) is 16.9 Å². The van der Waals surface area contributed by atoms with E-state index in [-0.39, 0.29) is 31.3 Å². The quantitative estimate of drug-likeness (QED) is 0.541. The average Bonchev–Trinajstić information content (AvgIpc) is 2.74. The van der Waals surface area contributed by atoms with Gasteiger partial charge in [0.25, 0.3) is 5.91 Å². The minimum Gasteiger partial charge on any atom is -0.459 e. The largest absolute Gasteiger partial charge is 0.459 e. The van der Waals surface area contributed by atoms with E-state index in [1.165, 1.54) is 24.3 Å². The van der Waals surface area contributed by atoms with Crippen LogP contribution in [0, 0.1) is 5.82 Å². The normalized spacial score (nSPS) is 10.4. The Morgan fingerprint density at radius 3 is 2.00 bits per heavy atom. The number of esters is 2. The van der Waals surface area contributed by atoms with Crippen molar-refractivity contribution >= 4 is 35.1 Å². The Morgan fingerprint density at radius 1 is 0.844 bits per heavy atom. The van der Waals surface area contributed by atoms with Crippen molar-refractivity contribution in [3.63, 3.8) is 0 Å². The van der Waals surface area contributed by atoms with Gasteiger partial charge in [0, 0.05) is 24.2 Å². The molecule has 0 aliphatic rings. The molecule has 0 aliphatic heterocycles. The molecular formula is C23H25FN2O6. The van der Waals surface area contributed by atoms with Crippen LogP contribution in [0.1, 0.15) is 43.5 Å². The molecule has 0 heterocycles. The Bertz CT molecular complexity index is 942. The molecule has 0 aliphatic carbocycles. The molecule has 0 spiro atoms. The predicted molar refractivity (Wildman–Crippen MR) is 115 cm³/mol. The molecule has 2 N–H and O–H groups in total. The summed E-state index contributed by atoms with van der Waals surface area (Å²) in [6, 6.07) is 11.4. The Morgan fingerprint density at radius 2 is 1.41 bits per heavy atom. The van der Waals surface area contributed by atoms with Gasteiger partial charge in [-0.05, 0) is 68.8 Å². The van der Waals surface area contributed by atoms with E-state index in [2.05, 4.69) is 10.6 Å². The second kappa shape index (κ2) is 12.2. The first kappa shape index (κ1) is 24.5. The number of carbonyl (C=O) groups excluding carboxylic acids is 4. The number of anilines is 2. The lowest BCUT2D eigenvalue weighted by atomic mass is 10.2. The van der Waals surface area contributed by atoms with E-state index >= 15 is 0 Å². The maximum atomic E-state index is 12.8. The van der Waals surface area contributed by atoms with E-state index in [1.54, 1.807) is 38.1 Å². The van der Waals surface area contributed by atoms with Gasteiger partial charge in [0.1, 0.15) is 5.82 Å². The highest BCUT2D eigenvalue weighted by molar-refractivity contribution is 5.94. The summed E-state index contributed by atoms with van der Waals surface area (Å²) < 4.78 is 22.8. The van der Waals surface area contributed by atoms with Crippen molar-refractivity contribution in [1.29, 1.82) is 0 Å². The number of nitrogens with one attached hydrogen (secondary N) is 2. The monoisotopic (exact) mass is 444 g/mol. The van der Waals surface area contributed by atoms with Crippen molar-refractivity contribution in [3.8, 4) is 0 Å². The molecule has 0 atom stereocenters. The average molecular weight is 444 g/mol. The Labute approximate surface area is 185 Å². The Kier molecular flexibility index (Phi) is 9.34. The lowest BCUT2D eigenvalue weighted by molar-refractivity contribution is -0.147. The van der Waals surface area contributed by atoms with Crippen LogP contribution in [0.25, 0.3) is 0 Å². The summed E-state index contributed by atoms with van der Waals surface area (Å²) in [4.78, 5) is 47.3. The predicted octanol–water partition coefficient (Wildman–Crippen LogP) is 3.68. The molecule has 2 amide bonds. The zero-order valence-corrected chi connectivity index (χ0v) is 17.9. The molecule has 2 rings (SSSR count). The van der Waals surface area contributed by atoms with Gasteiger partial charge in [0.05, 0.1) is 11.7 Å². The molecule has 8 nitrogen and oxygen atoms in total. The van der Waals surface area contributed by atoms with Crippen molar-refractivity contribution in [2.75, 3.05) is 17.2 Å². The minimum atomic E-state index is -0.611. The van der Waals surface area contributed by atoms with E-state index < -0.39 is 30.3 Å². The molecule has 0 saturated carbocycles. The van der Waals surface area contributed by atoms with Crippen LogP contribution in [0.15, 0.2) is 48.5 Å². The molecule has 9 heteroatoms. The van der Waals surface area contributed by atoms with E-state index in [1.807, 2.05) is 0 Å². The van der Waals surface area contributed by atoms with Crippen LogP contribution >= 0.6 is 0 Å². The zero-order valence-electron chi connectivity index (χ0n) is 17.9. The van der Waals surface area contributed by atoms with Gasteiger partial charge in [-0.15, -0.1) is 0 Å². The Balaban J connectivity index is 1.64. The minimum absolute atomic E-state index is 0.0305. The van der Waals surface area contributed by atoms with Crippen LogP contribution in [0.3, 0.4) is 0 Å². The zero-order chi connectivity index (χ0) is 23.5. The number of amides is 2. The van der Waals surface area contributed by atoms with Gasteiger partial charge in [-0.1, -0.05) is 0 Å². The summed E-state index contributed by atoms with van der Waals surface area (Å²) in [5.41, 5.74) is 1.27. The second-order valence-corrected chi connectivity index (χ2v) is 7.15. The van der Waals surface area contributed by atoms with E-state index in [4.69, 9.17) is 9.47 Å². The van der Waals surface area contributed by atoms with Gasteiger partial charge in [-0.2, -0.15) is 0 Å². The summed E-state index contributed by atoms with van der Waals surface area (Å²) in [6.45, 7) is 3.03. The first-order valence-corrected chi connectivity index (χ1v) is 10.0. The SMILES string of the molecule is CC(C)OC(=O)c1ccc(NC(=O)CCCC(=O)OCC(=O)Nc2ccc(F)cc2)cc1. The fourth-order valence-electron chi connectivity index (χ4n) is 2.54. The van der Waals surface area contributed by atoms with Crippen LogP contribution in [0.5, 0.6) is 0 Å². The van der Waals surface area contributed by atoms with Crippen LogP contribution < -0.4 is 10.6 Å². The number of hydrogen-bond donors (Lipinski definition) is 2. The molecule has 0 fully saturated rings. The smallest absolute Gasteiger partial charge is 0.338 e. The summed E-state index contributed by atoms with van der Waals surface area (Å²) >= 11 is 0. The lowest BCUT2D eigenvalue weighted by Gasteiger charge is -2.09. The number of ether oxygens (including phenoxy) is 2. The van der Waals surface area contributed by atoms with Crippen molar-refractivity contribution < 1.29 is 33.0 Å². The van der Waals surface area contributed by atoms with Crippen molar-refractivity contribution in [1.82, 2.24) is 0 Å². The third-order valence-corrected chi connectivity index (χ3v) is 4.02. The van der Waals surface area contributed by atoms with Crippen molar-refractivity contribution in [2.45, 2.75) is 39.2 Å². The van der Waals surface area contributed by atoms with Crippen LogP contribution in [0.4, 0.5) is 15.8 Å². The molecule has 0 aromatic heterocycles. The number of hydrogen-bond acceptors (Lipinski definition) is 6. The summed E-state index contributed by atoms with van der Waals surface area (Å²) in [5, 5.41) is 5.14. The van der Waals surface area contributed by atoms with Gasteiger partial charge < -0.3 is 20.1 Å². The molecule has 0 bridgehead atoms. The fraction of sp³-hybridized carbons (Fsp3) is 0.304. The third-order valence-electron chi connectivity index (χ3n) is 4.02. The standard InChI is InChI=1S/C23H25FN2O6/c1-15(2)32-23(30)16-6-10-18(11-7-16)25-20(27)4-3-5-22(29)31-14-21(28)26-19-12-8-17(24)9-13-19/h6-13,15H,3-5,14H2,1-2H3,(H,25,27)(H,26,28). The first-order valence-electron chi connectivity index (χ1n) is 10.0. The number of halogens is 1. The molecular weight excluding hydrogens is 419 g/mol. The maximum absolute atomic E-state index is 12.8. The summed E-state index contributed by atoms with van der Waals surface area (Å²) in [6.07, 6.45) is 0.0617. The number of benzene rings is 2. The number of carbonyl (C=O) groups is 4. The van der Waals surface area contributed by atoms with Crippen molar-refractivity contribution in [2.24, 2.45) is 0 Å². The van der Waals surface area contributed by atoms with Crippen LogP contribution in [-0.2, 0) is 23.9 Å². The highest BCUT2D eigenvalue weighted by Crippen LogP contribution is 2.12. The molecule has 0 unspecified atom stereocenters. The second-order valence-electron chi connectivity index (χ2n) is 7.15. The molecule has 170 valence electrons. The molecule has 0 saturated heterocycles. The van der Waals surface area contributed by atoms with Gasteiger partial charge in [-0.3, -0.25) is 14.4 Å².